The number of hydrogen-bond donors (Lipinski definition) is 2. The number of hydrogen-bond acceptors (Lipinski definition) is 8. The van der Waals surface area contributed by atoms with Gasteiger partial charge in [-0.25, -0.2) is 4.98 Å². The Morgan fingerprint density at radius 2 is 1.73 bits per heavy atom. The molecule has 0 radical (unpaired) electrons. The number of aromatic nitrogens is 4. The van der Waals surface area contributed by atoms with E-state index < -0.39 is 0 Å². The van der Waals surface area contributed by atoms with Crippen LogP contribution in [0.2, 0.25) is 5.02 Å². The Balaban J connectivity index is 1.22. The molecule has 0 saturated carbocycles. The summed E-state index contributed by atoms with van der Waals surface area (Å²) in [5.41, 5.74) is 3.85. The first kappa shape index (κ1) is 26.8. The molecule has 2 saturated heterocycles. The minimum Gasteiger partial charge on any atom is -0.378 e. The first-order valence-electron chi connectivity index (χ1n) is 14.3. The first-order chi connectivity index (χ1) is 19.6. The van der Waals surface area contributed by atoms with E-state index in [1.807, 2.05) is 42.1 Å². The van der Waals surface area contributed by atoms with E-state index in [4.69, 9.17) is 31.4 Å². The number of halogens is 1. The summed E-state index contributed by atoms with van der Waals surface area (Å²) in [5.74, 6) is 2.36. The van der Waals surface area contributed by atoms with Crippen molar-refractivity contribution in [2.75, 3.05) is 68.0 Å². The highest BCUT2D eigenvalue weighted by molar-refractivity contribution is 6.30. The van der Waals surface area contributed by atoms with Gasteiger partial charge in [0.25, 0.3) is 0 Å². The van der Waals surface area contributed by atoms with Gasteiger partial charge in [0, 0.05) is 54.4 Å². The Hall–Kier alpha value is -3.40. The fourth-order valence-electron chi connectivity index (χ4n) is 5.45. The number of morpholine rings is 1. The normalized spacial score (nSPS) is 16.1. The molecular formula is C30H37ClN8O. The molecule has 0 atom stereocenters. The molecule has 4 heterocycles. The molecule has 10 heteroatoms. The summed E-state index contributed by atoms with van der Waals surface area (Å²) >= 11 is 6.09. The van der Waals surface area contributed by atoms with Gasteiger partial charge in [-0.2, -0.15) is 10.1 Å². The summed E-state index contributed by atoms with van der Waals surface area (Å²) in [6, 6.07) is 16.1. The van der Waals surface area contributed by atoms with Crippen molar-refractivity contribution in [1.29, 1.82) is 0 Å². The van der Waals surface area contributed by atoms with Gasteiger partial charge in [-0.15, -0.1) is 0 Å². The molecule has 0 unspecified atom stereocenters. The zero-order valence-electron chi connectivity index (χ0n) is 23.1. The lowest BCUT2D eigenvalue weighted by molar-refractivity contribution is 0.122. The van der Waals surface area contributed by atoms with Crippen LogP contribution < -0.4 is 15.5 Å². The highest BCUT2D eigenvalue weighted by Gasteiger charge is 2.18. The molecule has 2 N–H and O–H groups in total. The quantitative estimate of drug-likeness (QED) is 0.244. The lowest BCUT2D eigenvalue weighted by Gasteiger charge is -2.27. The number of ether oxygens (including phenoxy) is 1. The van der Waals surface area contributed by atoms with Crippen LogP contribution in [0.1, 0.15) is 25.7 Å². The second kappa shape index (κ2) is 12.4. The van der Waals surface area contributed by atoms with Crippen LogP contribution in [0.3, 0.4) is 0 Å². The second-order valence-electron chi connectivity index (χ2n) is 10.6. The van der Waals surface area contributed by atoms with Gasteiger partial charge in [-0.05, 0) is 81.7 Å². The third kappa shape index (κ3) is 6.32. The van der Waals surface area contributed by atoms with Gasteiger partial charge in [0.15, 0.2) is 5.82 Å². The topological polar surface area (TPSA) is 83.4 Å². The predicted octanol–water partition coefficient (Wildman–Crippen LogP) is 5.55. The van der Waals surface area contributed by atoms with Gasteiger partial charge in [-0.3, -0.25) is 4.68 Å². The average Bonchev–Trinajstić information content (AvgIpc) is 3.62. The summed E-state index contributed by atoms with van der Waals surface area (Å²) in [4.78, 5) is 14.6. The van der Waals surface area contributed by atoms with Gasteiger partial charge in [0.05, 0.1) is 24.4 Å². The number of nitrogens with zero attached hydrogens (tertiary/aromatic N) is 6. The molecule has 2 aliphatic rings. The van der Waals surface area contributed by atoms with E-state index >= 15 is 0 Å². The van der Waals surface area contributed by atoms with Crippen LogP contribution >= 0.6 is 11.6 Å². The van der Waals surface area contributed by atoms with Gasteiger partial charge >= 0.3 is 0 Å². The Labute approximate surface area is 240 Å². The van der Waals surface area contributed by atoms with E-state index in [0.29, 0.717) is 24.2 Å². The van der Waals surface area contributed by atoms with Crippen LogP contribution in [0.25, 0.3) is 22.2 Å². The lowest BCUT2D eigenvalue weighted by Crippen LogP contribution is -2.37. The third-order valence-electron chi connectivity index (χ3n) is 7.66. The monoisotopic (exact) mass is 560 g/mol. The zero-order chi connectivity index (χ0) is 27.3. The van der Waals surface area contributed by atoms with Crippen LogP contribution in [-0.2, 0) is 11.8 Å². The molecule has 2 aromatic carbocycles. The number of benzene rings is 2. The highest BCUT2D eigenvalue weighted by atomic mass is 35.5. The third-order valence-corrected chi connectivity index (χ3v) is 7.92. The van der Waals surface area contributed by atoms with E-state index in [1.54, 1.807) is 0 Å². The van der Waals surface area contributed by atoms with Crippen molar-refractivity contribution < 1.29 is 4.74 Å². The minimum atomic E-state index is 0.669. The van der Waals surface area contributed by atoms with Crippen molar-refractivity contribution in [3.8, 4) is 11.3 Å². The second-order valence-corrected chi connectivity index (χ2v) is 11.0. The molecule has 2 fully saturated rings. The highest BCUT2D eigenvalue weighted by Crippen LogP contribution is 2.30. The smallest absolute Gasteiger partial charge is 0.228 e. The van der Waals surface area contributed by atoms with Crippen molar-refractivity contribution >= 4 is 45.8 Å². The number of rotatable bonds is 10. The summed E-state index contributed by atoms with van der Waals surface area (Å²) in [6.45, 7) is 7.52. The number of likely N-dealkylation sites (tertiary alicyclic amines) is 1. The largest absolute Gasteiger partial charge is 0.378 e. The molecule has 2 aliphatic heterocycles. The van der Waals surface area contributed by atoms with Crippen LogP contribution in [0, 0.1) is 0 Å². The maximum absolute atomic E-state index is 6.09. The molecule has 0 bridgehead atoms. The molecule has 2 aromatic heterocycles. The van der Waals surface area contributed by atoms with Crippen LogP contribution in [-0.4, -0.2) is 77.1 Å². The lowest BCUT2D eigenvalue weighted by atomic mass is 10.1. The van der Waals surface area contributed by atoms with E-state index in [9.17, 15) is 0 Å². The number of fused-ring (bicyclic) bond motifs is 1. The summed E-state index contributed by atoms with van der Waals surface area (Å²) < 4.78 is 7.51. The Bertz CT molecular complexity index is 1430. The first-order valence-corrected chi connectivity index (χ1v) is 14.7. The van der Waals surface area contributed by atoms with Crippen molar-refractivity contribution in [2.45, 2.75) is 25.7 Å². The van der Waals surface area contributed by atoms with Gasteiger partial charge < -0.3 is 25.2 Å². The summed E-state index contributed by atoms with van der Waals surface area (Å²) in [7, 11) is 2.00. The fourth-order valence-corrected chi connectivity index (χ4v) is 5.58. The summed E-state index contributed by atoms with van der Waals surface area (Å²) in [6.07, 6.45) is 5.06. The zero-order valence-corrected chi connectivity index (χ0v) is 23.8. The number of aryl methyl sites for hydroxylation is 1. The Kier molecular flexibility index (Phi) is 8.32. The minimum absolute atomic E-state index is 0.669. The maximum Gasteiger partial charge on any atom is 0.228 e. The molecule has 9 nitrogen and oxygen atoms in total. The standard InChI is InChI=1S/C30H37ClN8O/c1-37-27-20-22(6-11-25(27)29(36-37)32-12-2-3-13-38-14-4-5-15-38)26-21-28(33-24-9-7-23(31)8-10-24)35-30(34-26)39-16-18-40-19-17-39/h6-11,20-21H,2-5,12-19H2,1H3,(H,32,36)(H,33,34,35). The van der Waals surface area contributed by atoms with Crippen LogP contribution in [0.4, 0.5) is 23.3 Å². The molecule has 0 amide bonds. The molecule has 0 aliphatic carbocycles. The van der Waals surface area contributed by atoms with Crippen molar-refractivity contribution in [3.05, 3.63) is 53.6 Å². The van der Waals surface area contributed by atoms with Crippen LogP contribution in [0.15, 0.2) is 48.5 Å². The number of anilines is 4. The predicted molar refractivity (Wildman–Crippen MR) is 163 cm³/mol. The molecule has 40 heavy (non-hydrogen) atoms. The van der Waals surface area contributed by atoms with Crippen molar-refractivity contribution in [1.82, 2.24) is 24.6 Å². The van der Waals surface area contributed by atoms with Crippen LogP contribution in [0.5, 0.6) is 0 Å². The Morgan fingerprint density at radius 1 is 0.925 bits per heavy atom. The van der Waals surface area contributed by atoms with E-state index in [-0.39, 0.29) is 0 Å². The average molecular weight is 561 g/mol. The molecule has 210 valence electrons. The number of unbranched alkanes of at least 4 members (excludes halogenated alkanes) is 1. The van der Waals surface area contributed by atoms with E-state index in [2.05, 4.69) is 38.6 Å². The van der Waals surface area contributed by atoms with Crippen molar-refractivity contribution in [3.63, 3.8) is 0 Å². The van der Waals surface area contributed by atoms with Gasteiger partial charge in [-0.1, -0.05) is 17.7 Å². The fraction of sp³-hybridized carbons (Fsp3) is 0.433. The van der Waals surface area contributed by atoms with Gasteiger partial charge in [0.2, 0.25) is 5.95 Å². The SMILES string of the molecule is Cn1nc(NCCCCN2CCCC2)c2ccc(-c3cc(Nc4ccc(Cl)cc4)nc(N4CCOCC4)n3)cc21. The van der Waals surface area contributed by atoms with Gasteiger partial charge in [0.1, 0.15) is 5.82 Å². The maximum atomic E-state index is 6.09. The van der Waals surface area contributed by atoms with Crippen molar-refractivity contribution in [2.24, 2.45) is 7.05 Å². The van der Waals surface area contributed by atoms with E-state index in [1.165, 1.54) is 38.9 Å². The summed E-state index contributed by atoms with van der Waals surface area (Å²) in [5, 5.41) is 13.6. The molecule has 6 rings (SSSR count). The molecule has 4 aromatic rings. The molecule has 0 spiro atoms. The molecular weight excluding hydrogens is 524 g/mol. The number of nitrogens with one attached hydrogen (secondary N) is 2. The Morgan fingerprint density at radius 3 is 2.52 bits per heavy atom. The van der Waals surface area contributed by atoms with E-state index in [0.717, 1.165) is 65.5 Å².